The molecule has 0 aliphatic heterocycles. The smallest absolute Gasteiger partial charge is 0.268 e. The Bertz CT molecular complexity index is 1040. The SMILES string of the molecule is CC(C)Sc1nsc(NC(=O)/C(C#N)=C\c2ccc(SCc3ccccc3)o2)n1. The number of hydrogen-bond acceptors (Lipinski definition) is 8. The Morgan fingerprint density at radius 3 is 2.83 bits per heavy atom. The van der Waals surface area contributed by atoms with Crippen molar-refractivity contribution in [3.8, 4) is 6.07 Å². The molecule has 6 nitrogen and oxygen atoms in total. The summed E-state index contributed by atoms with van der Waals surface area (Å²) in [4.78, 5) is 16.6. The second-order valence-electron chi connectivity index (χ2n) is 6.10. The van der Waals surface area contributed by atoms with Gasteiger partial charge in [0.25, 0.3) is 5.91 Å². The van der Waals surface area contributed by atoms with Crippen molar-refractivity contribution in [1.29, 1.82) is 5.26 Å². The average Bonchev–Trinajstić information content (AvgIpc) is 3.34. The zero-order valence-electron chi connectivity index (χ0n) is 15.8. The Kier molecular flexibility index (Phi) is 7.52. The van der Waals surface area contributed by atoms with Crippen molar-refractivity contribution in [2.75, 3.05) is 5.32 Å². The lowest BCUT2D eigenvalue weighted by Gasteiger charge is -2.00. The molecule has 0 atom stereocenters. The minimum Gasteiger partial charge on any atom is -0.450 e. The molecule has 0 bridgehead atoms. The number of anilines is 1. The Morgan fingerprint density at radius 2 is 2.10 bits per heavy atom. The van der Waals surface area contributed by atoms with E-state index in [0.29, 0.717) is 21.3 Å². The molecule has 0 saturated heterocycles. The van der Waals surface area contributed by atoms with E-state index >= 15 is 0 Å². The molecular formula is C20H18N4O2S3. The van der Waals surface area contributed by atoms with Gasteiger partial charge >= 0.3 is 0 Å². The number of thioether (sulfide) groups is 2. The molecule has 9 heteroatoms. The molecule has 2 aromatic heterocycles. The van der Waals surface area contributed by atoms with Crippen LogP contribution in [0.1, 0.15) is 25.2 Å². The van der Waals surface area contributed by atoms with Gasteiger partial charge in [-0.1, -0.05) is 67.7 Å². The van der Waals surface area contributed by atoms with Crippen LogP contribution in [0.2, 0.25) is 0 Å². The zero-order valence-corrected chi connectivity index (χ0v) is 18.2. The van der Waals surface area contributed by atoms with Crippen molar-refractivity contribution in [3.05, 3.63) is 59.4 Å². The van der Waals surface area contributed by atoms with Crippen LogP contribution in [0.4, 0.5) is 5.13 Å². The second-order valence-corrected chi connectivity index (χ2v) is 9.38. The molecule has 0 fully saturated rings. The third kappa shape index (κ3) is 6.49. The van der Waals surface area contributed by atoms with Gasteiger partial charge in [0, 0.05) is 28.6 Å². The van der Waals surface area contributed by atoms with Crippen molar-refractivity contribution in [1.82, 2.24) is 9.36 Å². The molecule has 2 heterocycles. The third-order valence-electron chi connectivity index (χ3n) is 3.45. The molecule has 0 saturated carbocycles. The highest BCUT2D eigenvalue weighted by Gasteiger charge is 2.14. The highest BCUT2D eigenvalue weighted by Crippen LogP contribution is 2.26. The quantitative estimate of drug-likeness (QED) is 0.281. The number of carbonyl (C=O) groups excluding carboxylic acids is 1. The van der Waals surface area contributed by atoms with Crippen LogP contribution in [0.5, 0.6) is 0 Å². The van der Waals surface area contributed by atoms with Crippen LogP contribution in [0, 0.1) is 11.3 Å². The summed E-state index contributed by atoms with van der Waals surface area (Å²) in [5.41, 5.74) is 1.13. The van der Waals surface area contributed by atoms with Crippen LogP contribution in [-0.2, 0) is 10.5 Å². The van der Waals surface area contributed by atoms with Crippen molar-refractivity contribution >= 4 is 52.2 Å². The van der Waals surface area contributed by atoms with E-state index in [4.69, 9.17) is 4.42 Å². The molecular weight excluding hydrogens is 424 g/mol. The summed E-state index contributed by atoms with van der Waals surface area (Å²) < 4.78 is 9.90. The van der Waals surface area contributed by atoms with E-state index in [-0.39, 0.29) is 5.57 Å². The van der Waals surface area contributed by atoms with Crippen LogP contribution in [-0.4, -0.2) is 20.5 Å². The maximum atomic E-state index is 12.4. The first-order chi connectivity index (χ1) is 14.0. The molecule has 0 spiro atoms. The van der Waals surface area contributed by atoms with Crippen molar-refractivity contribution in [3.63, 3.8) is 0 Å². The number of hydrogen-bond donors (Lipinski definition) is 1. The molecule has 0 radical (unpaired) electrons. The Balaban J connectivity index is 1.62. The summed E-state index contributed by atoms with van der Waals surface area (Å²) in [5, 5.41) is 14.0. The average molecular weight is 443 g/mol. The van der Waals surface area contributed by atoms with Crippen LogP contribution < -0.4 is 5.32 Å². The minimum absolute atomic E-state index is 0.0628. The molecule has 29 heavy (non-hydrogen) atoms. The molecule has 0 aliphatic carbocycles. The predicted octanol–water partition coefficient (Wildman–Crippen LogP) is 5.47. The number of nitrogens with zero attached hydrogens (tertiary/aromatic N) is 3. The highest BCUT2D eigenvalue weighted by molar-refractivity contribution is 7.99. The molecule has 1 aromatic carbocycles. The topological polar surface area (TPSA) is 91.8 Å². The van der Waals surface area contributed by atoms with Crippen LogP contribution >= 0.6 is 35.1 Å². The summed E-state index contributed by atoms with van der Waals surface area (Å²) in [6, 6.07) is 15.5. The number of carbonyl (C=O) groups is 1. The summed E-state index contributed by atoms with van der Waals surface area (Å²) in [7, 11) is 0. The number of furan rings is 1. The van der Waals surface area contributed by atoms with E-state index in [1.807, 2.05) is 56.3 Å². The highest BCUT2D eigenvalue weighted by atomic mass is 32.2. The second kappa shape index (κ2) is 10.3. The Hall–Kier alpha value is -2.54. The molecule has 148 valence electrons. The molecule has 3 rings (SSSR count). The Labute approximate surface area is 181 Å². The lowest BCUT2D eigenvalue weighted by Crippen LogP contribution is -2.13. The van der Waals surface area contributed by atoms with E-state index in [9.17, 15) is 10.1 Å². The van der Waals surface area contributed by atoms with E-state index in [1.54, 1.807) is 17.8 Å². The summed E-state index contributed by atoms with van der Waals surface area (Å²) in [5.74, 6) is 0.678. The summed E-state index contributed by atoms with van der Waals surface area (Å²) >= 11 is 4.14. The fourth-order valence-electron chi connectivity index (χ4n) is 2.19. The van der Waals surface area contributed by atoms with Crippen molar-refractivity contribution < 1.29 is 9.21 Å². The number of nitrogens with one attached hydrogen (secondary N) is 1. The monoisotopic (exact) mass is 442 g/mol. The number of rotatable bonds is 8. The fourth-order valence-corrected chi connectivity index (χ4v) is 4.39. The third-order valence-corrected chi connectivity index (χ3v) is 6.04. The van der Waals surface area contributed by atoms with Gasteiger partial charge in [-0.25, -0.2) is 0 Å². The number of aromatic nitrogens is 2. The zero-order chi connectivity index (χ0) is 20.6. The summed E-state index contributed by atoms with van der Waals surface area (Å²) in [6.07, 6.45) is 1.42. The largest absolute Gasteiger partial charge is 0.450 e. The lowest BCUT2D eigenvalue weighted by molar-refractivity contribution is -0.112. The van der Waals surface area contributed by atoms with Gasteiger partial charge in [-0.15, -0.1) is 0 Å². The molecule has 1 N–H and O–H groups in total. The van der Waals surface area contributed by atoms with Crippen LogP contribution in [0.25, 0.3) is 6.08 Å². The molecule has 0 aliphatic rings. The minimum atomic E-state index is -0.542. The van der Waals surface area contributed by atoms with Gasteiger partial charge < -0.3 is 4.42 Å². The van der Waals surface area contributed by atoms with E-state index in [1.165, 1.54) is 23.4 Å². The van der Waals surface area contributed by atoms with Gasteiger partial charge in [0.05, 0.1) is 0 Å². The Morgan fingerprint density at radius 1 is 1.31 bits per heavy atom. The molecule has 3 aromatic rings. The normalized spacial score (nSPS) is 11.4. The fraction of sp³-hybridized carbons (Fsp3) is 0.200. The van der Waals surface area contributed by atoms with Gasteiger partial charge in [-0.2, -0.15) is 14.6 Å². The van der Waals surface area contributed by atoms with Gasteiger partial charge in [0.15, 0.2) is 5.09 Å². The first-order valence-electron chi connectivity index (χ1n) is 8.73. The van der Waals surface area contributed by atoms with Crippen LogP contribution in [0.15, 0.2) is 62.7 Å². The first kappa shape index (κ1) is 21.2. The van der Waals surface area contributed by atoms with Gasteiger partial charge in [0.1, 0.15) is 17.4 Å². The lowest BCUT2D eigenvalue weighted by atomic mass is 10.2. The summed E-state index contributed by atoms with van der Waals surface area (Å²) in [6.45, 7) is 4.08. The van der Waals surface area contributed by atoms with Gasteiger partial charge in [-0.05, 0) is 17.7 Å². The standard InChI is InChI=1S/C20H18N4O2S3/c1-13(2)28-20-23-19(29-24-20)22-18(25)15(11-21)10-16-8-9-17(26-16)27-12-14-6-4-3-5-7-14/h3-10,13H,12H2,1-2H3,(H,22,23,24,25)/b15-10-. The van der Waals surface area contributed by atoms with Crippen LogP contribution in [0.3, 0.4) is 0 Å². The van der Waals surface area contributed by atoms with Gasteiger partial charge in [-0.3, -0.25) is 10.1 Å². The number of nitriles is 1. The first-order valence-corrected chi connectivity index (χ1v) is 11.4. The van der Waals surface area contributed by atoms with E-state index in [2.05, 4.69) is 14.7 Å². The van der Waals surface area contributed by atoms with Gasteiger partial charge in [0.2, 0.25) is 10.3 Å². The van der Waals surface area contributed by atoms with Crippen molar-refractivity contribution in [2.45, 2.75) is 35.1 Å². The molecule has 0 unspecified atom stereocenters. The predicted molar refractivity (Wildman–Crippen MR) is 118 cm³/mol. The maximum absolute atomic E-state index is 12.4. The van der Waals surface area contributed by atoms with E-state index in [0.717, 1.165) is 22.4 Å². The van der Waals surface area contributed by atoms with Crippen molar-refractivity contribution in [2.24, 2.45) is 0 Å². The molecule has 1 amide bonds. The maximum Gasteiger partial charge on any atom is 0.268 e. The number of benzene rings is 1. The van der Waals surface area contributed by atoms with E-state index < -0.39 is 5.91 Å². The number of amides is 1.